The molecule has 0 heterocycles. The average molecular weight is 293 g/mol. The highest BCUT2D eigenvalue weighted by atomic mass is 16.5. The quantitative estimate of drug-likeness (QED) is 0.768. The van der Waals surface area contributed by atoms with E-state index in [9.17, 15) is 0 Å². The predicted octanol–water partition coefficient (Wildman–Crippen LogP) is 4.67. The molecule has 2 heteroatoms. The van der Waals surface area contributed by atoms with Crippen molar-refractivity contribution in [2.75, 3.05) is 6.61 Å². The van der Waals surface area contributed by atoms with Gasteiger partial charge in [0.2, 0.25) is 0 Å². The molecular formula is C19H35NO. The highest BCUT2D eigenvalue weighted by Gasteiger charge is 2.56. The number of hydrogen-bond acceptors (Lipinski definition) is 2. The van der Waals surface area contributed by atoms with E-state index in [2.05, 4.69) is 19.2 Å². The lowest BCUT2D eigenvalue weighted by Crippen LogP contribution is -2.64. The van der Waals surface area contributed by atoms with E-state index >= 15 is 0 Å². The van der Waals surface area contributed by atoms with Gasteiger partial charge in [-0.1, -0.05) is 32.6 Å². The summed E-state index contributed by atoms with van der Waals surface area (Å²) in [4.78, 5) is 0. The number of hydrogen-bond donors (Lipinski definition) is 1. The first-order valence-corrected chi connectivity index (χ1v) is 9.66. The van der Waals surface area contributed by atoms with E-state index < -0.39 is 0 Å². The van der Waals surface area contributed by atoms with Gasteiger partial charge in [0.1, 0.15) is 0 Å². The maximum absolute atomic E-state index is 6.04. The van der Waals surface area contributed by atoms with Gasteiger partial charge in [-0.2, -0.15) is 0 Å². The van der Waals surface area contributed by atoms with Gasteiger partial charge in [0.25, 0.3) is 0 Å². The Kier molecular flexibility index (Phi) is 5.27. The summed E-state index contributed by atoms with van der Waals surface area (Å²) >= 11 is 0. The van der Waals surface area contributed by atoms with Crippen molar-refractivity contribution in [2.45, 2.75) is 103 Å². The van der Waals surface area contributed by atoms with Crippen LogP contribution in [0.1, 0.15) is 84.5 Å². The van der Waals surface area contributed by atoms with Crippen LogP contribution in [0.4, 0.5) is 0 Å². The van der Waals surface area contributed by atoms with Crippen LogP contribution in [0, 0.1) is 11.3 Å². The summed E-state index contributed by atoms with van der Waals surface area (Å²) < 4.78 is 6.04. The summed E-state index contributed by atoms with van der Waals surface area (Å²) in [6.07, 6.45) is 16.0. The minimum absolute atomic E-state index is 0.510. The molecule has 0 amide bonds. The first kappa shape index (κ1) is 15.8. The smallest absolute Gasteiger partial charge is 0.0661 e. The molecule has 0 aromatic carbocycles. The van der Waals surface area contributed by atoms with E-state index in [1.807, 2.05) is 0 Å². The Hall–Kier alpha value is -0.0800. The Balaban J connectivity index is 1.49. The molecule has 3 fully saturated rings. The van der Waals surface area contributed by atoms with E-state index in [1.54, 1.807) is 0 Å². The van der Waals surface area contributed by atoms with Gasteiger partial charge in [-0.15, -0.1) is 0 Å². The molecule has 21 heavy (non-hydrogen) atoms. The van der Waals surface area contributed by atoms with E-state index in [1.165, 1.54) is 70.6 Å². The monoisotopic (exact) mass is 293 g/mol. The number of ether oxygens (including phenoxy) is 1. The Morgan fingerprint density at radius 1 is 1.05 bits per heavy atom. The van der Waals surface area contributed by atoms with Crippen LogP contribution in [-0.4, -0.2) is 24.8 Å². The molecule has 0 bridgehead atoms. The van der Waals surface area contributed by atoms with Crippen LogP contribution in [-0.2, 0) is 4.74 Å². The minimum atomic E-state index is 0.510. The first-order valence-electron chi connectivity index (χ1n) is 9.66. The van der Waals surface area contributed by atoms with E-state index in [0.29, 0.717) is 11.5 Å². The highest BCUT2D eigenvalue weighted by molar-refractivity contribution is 5.10. The molecule has 2 unspecified atom stereocenters. The van der Waals surface area contributed by atoms with E-state index in [-0.39, 0.29) is 0 Å². The molecule has 1 N–H and O–H groups in total. The second kappa shape index (κ2) is 7.00. The van der Waals surface area contributed by atoms with Crippen molar-refractivity contribution >= 4 is 0 Å². The summed E-state index contributed by atoms with van der Waals surface area (Å²) in [7, 11) is 0. The standard InChI is InChI=1S/C19H35NO/c1-3-7-15-8-10-16(11-9-15)20-17-14-18(21-4-2)19(17)12-5-6-13-19/h15-18,20H,3-14H2,1-2H3. The maximum Gasteiger partial charge on any atom is 0.0661 e. The fraction of sp³-hybridized carbons (Fsp3) is 1.00. The lowest BCUT2D eigenvalue weighted by molar-refractivity contribution is -0.133. The van der Waals surface area contributed by atoms with Crippen molar-refractivity contribution in [2.24, 2.45) is 11.3 Å². The van der Waals surface area contributed by atoms with Crippen LogP contribution in [0.3, 0.4) is 0 Å². The lowest BCUT2D eigenvalue weighted by Gasteiger charge is -2.55. The fourth-order valence-corrected chi connectivity index (χ4v) is 5.43. The third-order valence-corrected chi connectivity index (χ3v) is 6.67. The molecule has 0 aliphatic heterocycles. The van der Waals surface area contributed by atoms with Gasteiger partial charge in [-0.05, 0) is 57.8 Å². The maximum atomic E-state index is 6.04. The van der Waals surface area contributed by atoms with Gasteiger partial charge < -0.3 is 10.1 Å². The Morgan fingerprint density at radius 2 is 1.76 bits per heavy atom. The summed E-state index contributed by atoms with van der Waals surface area (Å²) in [5.41, 5.74) is 0.510. The average Bonchev–Trinajstić information content (AvgIpc) is 3.01. The molecule has 3 aliphatic rings. The summed E-state index contributed by atoms with van der Waals surface area (Å²) in [6.45, 7) is 5.37. The zero-order valence-corrected chi connectivity index (χ0v) is 14.2. The molecule has 0 aromatic rings. The zero-order chi connectivity index (χ0) is 14.7. The van der Waals surface area contributed by atoms with Crippen molar-refractivity contribution < 1.29 is 4.74 Å². The third kappa shape index (κ3) is 3.17. The van der Waals surface area contributed by atoms with Crippen molar-refractivity contribution in [3.8, 4) is 0 Å². The summed E-state index contributed by atoms with van der Waals surface area (Å²) in [6, 6.07) is 1.55. The molecule has 3 aliphatic carbocycles. The first-order chi connectivity index (χ1) is 10.3. The topological polar surface area (TPSA) is 21.3 Å². The van der Waals surface area contributed by atoms with Crippen LogP contribution >= 0.6 is 0 Å². The Bertz CT molecular complexity index is 316. The van der Waals surface area contributed by atoms with Gasteiger partial charge in [-0.3, -0.25) is 0 Å². The zero-order valence-electron chi connectivity index (χ0n) is 14.2. The van der Waals surface area contributed by atoms with E-state index in [0.717, 1.165) is 24.6 Å². The molecule has 0 radical (unpaired) electrons. The number of rotatable bonds is 6. The molecule has 3 saturated carbocycles. The van der Waals surface area contributed by atoms with Crippen molar-refractivity contribution in [3.63, 3.8) is 0 Å². The summed E-state index contributed by atoms with van der Waals surface area (Å²) in [5, 5.41) is 4.06. The van der Waals surface area contributed by atoms with Gasteiger partial charge in [0.15, 0.2) is 0 Å². The van der Waals surface area contributed by atoms with E-state index in [4.69, 9.17) is 4.74 Å². The number of nitrogens with one attached hydrogen (secondary N) is 1. The van der Waals surface area contributed by atoms with Crippen LogP contribution in [0.25, 0.3) is 0 Å². The molecule has 3 rings (SSSR count). The largest absolute Gasteiger partial charge is 0.378 e. The molecule has 1 spiro atoms. The van der Waals surface area contributed by atoms with Gasteiger partial charge in [0, 0.05) is 24.1 Å². The molecule has 2 atom stereocenters. The lowest BCUT2D eigenvalue weighted by atomic mass is 9.60. The van der Waals surface area contributed by atoms with Crippen LogP contribution in [0.5, 0.6) is 0 Å². The van der Waals surface area contributed by atoms with Gasteiger partial charge in [0.05, 0.1) is 6.10 Å². The van der Waals surface area contributed by atoms with Crippen LogP contribution in [0.15, 0.2) is 0 Å². The normalized spacial score (nSPS) is 38.6. The Morgan fingerprint density at radius 3 is 2.38 bits per heavy atom. The molecular weight excluding hydrogens is 258 g/mol. The minimum Gasteiger partial charge on any atom is -0.378 e. The molecule has 0 saturated heterocycles. The fourth-order valence-electron chi connectivity index (χ4n) is 5.43. The molecule has 122 valence electrons. The molecule has 2 nitrogen and oxygen atoms in total. The third-order valence-electron chi connectivity index (χ3n) is 6.67. The van der Waals surface area contributed by atoms with Crippen molar-refractivity contribution in [3.05, 3.63) is 0 Å². The predicted molar refractivity (Wildman–Crippen MR) is 88.5 cm³/mol. The second-order valence-electron chi connectivity index (χ2n) is 7.85. The summed E-state index contributed by atoms with van der Waals surface area (Å²) in [5.74, 6) is 1.02. The van der Waals surface area contributed by atoms with Gasteiger partial charge in [-0.25, -0.2) is 0 Å². The van der Waals surface area contributed by atoms with Crippen LogP contribution < -0.4 is 5.32 Å². The SMILES string of the molecule is CCCC1CCC(NC2CC(OCC)C23CCCC3)CC1. The highest BCUT2D eigenvalue weighted by Crippen LogP contribution is 2.55. The van der Waals surface area contributed by atoms with Crippen molar-refractivity contribution in [1.82, 2.24) is 5.32 Å². The van der Waals surface area contributed by atoms with Crippen LogP contribution in [0.2, 0.25) is 0 Å². The Labute approximate surface area is 131 Å². The van der Waals surface area contributed by atoms with Gasteiger partial charge >= 0.3 is 0 Å². The second-order valence-corrected chi connectivity index (χ2v) is 7.85. The molecule has 0 aromatic heterocycles. The van der Waals surface area contributed by atoms with Crippen molar-refractivity contribution in [1.29, 1.82) is 0 Å².